The van der Waals surface area contributed by atoms with E-state index in [-0.39, 0.29) is 5.97 Å². The van der Waals surface area contributed by atoms with Gasteiger partial charge in [0.15, 0.2) is 0 Å². The molecular weight excluding hydrogens is 208 g/mol. The van der Waals surface area contributed by atoms with Crippen LogP contribution in [0, 0.1) is 0 Å². The maximum absolute atomic E-state index is 11.3. The lowest BCUT2D eigenvalue weighted by atomic mass is 10.2. The lowest BCUT2D eigenvalue weighted by Crippen LogP contribution is -2.03. The third-order valence-electron chi connectivity index (χ3n) is 1.90. The van der Waals surface area contributed by atoms with Gasteiger partial charge >= 0.3 is 5.97 Å². The number of ether oxygens (including phenoxy) is 1. The van der Waals surface area contributed by atoms with Crippen molar-refractivity contribution in [1.29, 1.82) is 0 Å². The van der Waals surface area contributed by atoms with E-state index < -0.39 is 0 Å². The first-order valence-electron chi connectivity index (χ1n) is 5.26. The van der Waals surface area contributed by atoms with E-state index in [0.717, 1.165) is 5.75 Å². The van der Waals surface area contributed by atoms with Crippen LogP contribution in [0.5, 0.6) is 0 Å². The molecule has 2 nitrogen and oxygen atoms in total. The summed E-state index contributed by atoms with van der Waals surface area (Å²) in [6, 6.07) is 0. The minimum atomic E-state index is -0.252. The van der Waals surface area contributed by atoms with E-state index in [0.29, 0.717) is 12.0 Å². The SMILES string of the molecule is C=CC/C(=C/SCCCCC)C(=O)OC. The van der Waals surface area contributed by atoms with Gasteiger partial charge in [-0.15, -0.1) is 18.3 Å². The van der Waals surface area contributed by atoms with Crippen LogP contribution in [0.25, 0.3) is 0 Å². The molecule has 0 spiro atoms. The fraction of sp³-hybridized carbons (Fsp3) is 0.583. The molecule has 0 rings (SSSR count). The van der Waals surface area contributed by atoms with Crippen LogP contribution in [0.3, 0.4) is 0 Å². The molecule has 0 N–H and O–H groups in total. The molecule has 0 unspecified atom stereocenters. The first kappa shape index (κ1) is 14.3. The molecule has 0 aromatic heterocycles. The van der Waals surface area contributed by atoms with Crippen molar-refractivity contribution in [3.05, 3.63) is 23.6 Å². The molecule has 0 fully saturated rings. The van der Waals surface area contributed by atoms with Crippen molar-refractivity contribution in [1.82, 2.24) is 0 Å². The summed E-state index contributed by atoms with van der Waals surface area (Å²) in [6.45, 7) is 5.80. The molecule has 86 valence electrons. The molecule has 0 saturated carbocycles. The number of carbonyl (C=O) groups excluding carboxylic acids is 1. The smallest absolute Gasteiger partial charge is 0.334 e. The molecule has 0 radical (unpaired) electrons. The molecule has 0 aliphatic rings. The second-order valence-electron chi connectivity index (χ2n) is 3.21. The Kier molecular flexibility index (Phi) is 9.38. The molecule has 0 aromatic carbocycles. The van der Waals surface area contributed by atoms with Crippen LogP contribution in [0.2, 0.25) is 0 Å². The summed E-state index contributed by atoms with van der Waals surface area (Å²) in [5, 5.41) is 1.89. The number of unbranched alkanes of at least 4 members (excludes halogenated alkanes) is 2. The molecule has 0 heterocycles. The fourth-order valence-electron chi connectivity index (χ4n) is 1.06. The molecule has 0 atom stereocenters. The number of thioether (sulfide) groups is 1. The summed E-state index contributed by atoms with van der Waals surface area (Å²) >= 11 is 1.67. The van der Waals surface area contributed by atoms with Crippen molar-refractivity contribution in [3.63, 3.8) is 0 Å². The van der Waals surface area contributed by atoms with Crippen molar-refractivity contribution in [2.75, 3.05) is 12.9 Å². The van der Waals surface area contributed by atoms with Crippen LogP contribution in [0.1, 0.15) is 32.6 Å². The summed E-state index contributed by atoms with van der Waals surface area (Å²) in [4.78, 5) is 11.3. The van der Waals surface area contributed by atoms with Crippen LogP contribution in [0.4, 0.5) is 0 Å². The van der Waals surface area contributed by atoms with E-state index in [1.807, 2.05) is 5.41 Å². The predicted octanol–water partition coefficient (Wildman–Crippen LogP) is 3.54. The zero-order valence-corrected chi connectivity index (χ0v) is 10.4. The summed E-state index contributed by atoms with van der Waals surface area (Å²) in [5.74, 6) is 0.809. The Morgan fingerprint density at radius 1 is 1.47 bits per heavy atom. The maximum Gasteiger partial charge on any atom is 0.334 e. The van der Waals surface area contributed by atoms with Crippen molar-refractivity contribution < 1.29 is 9.53 Å². The minimum absolute atomic E-state index is 0.252. The quantitative estimate of drug-likeness (QED) is 0.275. The van der Waals surface area contributed by atoms with Gasteiger partial charge in [-0.25, -0.2) is 4.79 Å². The highest BCUT2D eigenvalue weighted by Crippen LogP contribution is 2.14. The Hall–Kier alpha value is -0.700. The number of rotatable bonds is 8. The first-order chi connectivity index (χ1) is 7.26. The lowest BCUT2D eigenvalue weighted by molar-refractivity contribution is -0.136. The standard InChI is InChI=1S/C12H20O2S/c1-4-6-7-9-15-10-11(8-5-2)12(13)14-3/h5,10H,2,4,6-9H2,1,3H3/b11-10-. The Balaban J connectivity index is 3.94. The van der Waals surface area contributed by atoms with Crippen LogP contribution in [-0.4, -0.2) is 18.8 Å². The summed E-state index contributed by atoms with van der Waals surface area (Å²) < 4.78 is 4.67. The van der Waals surface area contributed by atoms with Gasteiger partial charge in [-0.3, -0.25) is 0 Å². The minimum Gasteiger partial charge on any atom is -0.466 e. The van der Waals surface area contributed by atoms with Gasteiger partial charge in [0.25, 0.3) is 0 Å². The van der Waals surface area contributed by atoms with Crippen LogP contribution >= 0.6 is 11.8 Å². The van der Waals surface area contributed by atoms with Gasteiger partial charge in [0.05, 0.1) is 7.11 Å². The maximum atomic E-state index is 11.3. The zero-order chi connectivity index (χ0) is 11.5. The van der Waals surface area contributed by atoms with Gasteiger partial charge < -0.3 is 4.74 Å². The van der Waals surface area contributed by atoms with E-state index in [9.17, 15) is 4.79 Å². The second kappa shape index (κ2) is 9.84. The predicted molar refractivity (Wildman–Crippen MR) is 66.9 cm³/mol. The van der Waals surface area contributed by atoms with Crippen LogP contribution in [0.15, 0.2) is 23.6 Å². The van der Waals surface area contributed by atoms with Gasteiger partial charge in [0, 0.05) is 5.57 Å². The van der Waals surface area contributed by atoms with Crippen molar-refractivity contribution in [3.8, 4) is 0 Å². The van der Waals surface area contributed by atoms with Gasteiger partial charge in [-0.2, -0.15) is 0 Å². The average molecular weight is 228 g/mol. The molecule has 15 heavy (non-hydrogen) atoms. The van der Waals surface area contributed by atoms with Crippen LogP contribution in [-0.2, 0) is 9.53 Å². The number of esters is 1. The molecule has 3 heteroatoms. The summed E-state index contributed by atoms with van der Waals surface area (Å²) in [7, 11) is 1.40. The topological polar surface area (TPSA) is 26.3 Å². The van der Waals surface area contributed by atoms with E-state index in [2.05, 4.69) is 18.2 Å². The number of hydrogen-bond acceptors (Lipinski definition) is 3. The number of allylic oxidation sites excluding steroid dienone is 1. The monoisotopic (exact) mass is 228 g/mol. The van der Waals surface area contributed by atoms with Crippen molar-refractivity contribution >= 4 is 17.7 Å². The average Bonchev–Trinajstić information content (AvgIpc) is 2.26. The highest BCUT2D eigenvalue weighted by molar-refractivity contribution is 8.02. The Morgan fingerprint density at radius 3 is 2.73 bits per heavy atom. The molecule has 0 amide bonds. The molecule has 0 saturated heterocycles. The van der Waals surface area contributed by atoms with Gasteiger partial charge in [-0.1, -0.05) is 25.8 Å². The fourth-order valence-corrected chi connectivity index (χ4v) is 1.94. The number of hydrogen-bond donors (Lipinski definition) is 0. The molecule has 0 bridgehead atoms. The van der Waals surface area contributed by atoms with Gasteiger partial charge in [0.2, 0.25) is 0 Å². The Labute approximate surface area is 96.8 Å². The molecule has 0 aliphatic carbocycles. The Bertz CT molecular complexity index is 222. The second-order valence-corrected chi connectivity index (χ2v) is 4.18. The van der Waals surface area contributed by atoms with E-state index in [1.165, 1.54) is 26.4 Å². The number of carbonyl (C=O) groups is 1. The molecule has 0 aliphatic heterocycles. The summed E-state index contributed by atoms with van der Waals surface area (Å²) in [5.41, 5.74) is 0.689. The molecular formula is C12H20O2S. The van der Waals surface area contributed by atoms with Crippen LogP contribution < -0.4 is 0 Å². The lowest BCUT2D eigenvalue weighted by Gasteiger charge is -2.02. The van der Waals surface area contributed by atoms with Crippen molar-refractivity contribution in [2.45, 2.75) is 32.6 Å². The van der Waals surface area contributed by atoms with Crippen molar-refractivity contribution in [2.24, 2.45) is 0 Å². The Morgan fingerprint density at radius 2 is 2.20 bits per heavy atom. The van der Waals surface area contributed by atoms with E-state index in [1.54, 1.807) is 17.8 Å². The highest BCUT2D eigenvalue weighted by atomic mass is 32.2. The zero-order valence-electron chi connectivity index (χ0n) is 9.62. The molecule has 0 aromatic rings. The number of methoxy groups -OCH3 is 1. The normalized spacial score (nSPS) is 11.2. The largest absolute Gasteiger partial charge is 0.466 e. The van der Waals surface area contributed by atoms with Gasteiger partial charge in [0.1, 0.15) is 0 Å². The first-order valence-corrected chi connectivity index (χ1v) is 6.31. The highest BCUT2D eigenvalue weighted by Gasteiger charge is 2.06. The van der Waals surface area contributed by atoms with E-state index >= 15 is 0 Å². The summed E-state index contributed by atoms with van der Waals surface area (Å²) in [6.07, 6.45) is 5.96. The third-order valence-corrected chi connectivity index (χ3v) is 2.88. The van der Waals surface area contributed by atoms with Gasteiger partial charge in [-0.05, 0) is 24.0 Å². The third kappa shape index (κ3) is 7.25. The van der Waals surface area contributed by atoms with E-state index in [4.69, 9.17) is 0 Å².